The molecule has 0 bridgehead atoms. The molecule has 140 valence electrons. The van der Waals surface area contributed by atoms with Crippen LogP contribution in [0.3, 0.4) is 0 Å². The molecule has 0 radical (unpaired) electrons. The lowest BCUT2D eigenvalue weighted by atomic mass is 10.1. The number of methoxy groups -OCH3 is 1. The number of carboxylic acid groups (broad SMARTS) is 1. The van der Waals surface area contributed by atoms with Crippen molar-refractivity contribution >= 4 is 45.2 Å². The van der Waals surface area contributed by atoms with E-state index in [1.54, 1.807) is 6.92 Å². The maximum Gasteiger partial charge on any atom is 0.348 e. The number of amides is 1. The zero-order chi connectivity index (χ0) is 19.3. The van der Waals surface area contributed by atoms with E-state index in [2.05, 4.69) is 15.3 Å². The predicted octanol–water partition coefficient (Wildman–Crippen LogP) is 0.543. The number of nitrogens with one attached hydrogen (secondary N) is 1. The Hall–Kier alpha value is -2.79. The molecule has 2 aromatic heterocycles. The number of aromatic nitrogens is 2. The molecule has 2 rings (SSSR count). The monoisotopic (exact) mass is 382 g/mol. The van der Waals surface area contributed by atoms with Crippen molar-refractivity contribution in [3.05, 3.63) is 16.8 Å². The summed E-state index contributed by atoms with van der Waals surface area (Å²) in [5, 5.41) is 12.4. The number of aliphatic carboxylic acids is 1. The Kier molecular flexibility index (Phi) is 6.41. The molecule has 2 heterocycles. The fourth-order valence-corrected chi connectivity index (χ4v) is 3.27. The van der Waals surface area contributed by atoms with Gasteiger partial charge in [-0.05, 0) is 12.5 Å². The number of nitrogens with zero attached hydrogens (tertiary/aromatic N) is 2. The molecule has 1 atom stereocenters. The third-order valence-corrected chi connectivity index (χ3v) is 4.63. The first kappa shape index (κ1) is 19.5. The molecule has 1 amide bonds. The molecule has 2 aromatic rings. The van der Waals surface area contributed by atoms with Crippen molar-refractivity contribution in [1.29, 1.82) is 0 Å². The Balaban J connectivity index is 2.35. The first-order valence-corrected chi connectivity index (χ1v) is 8.34. The minimum atomic E-state index is -1.25. The maximum absolute atomic E-state index is 12.2. The van der Waals surface area contributed by atoms with Crippen molar-refractivity contribution < 1.29 is 29.0 Å². The largest absolute Gasteiger partial charge is 0.480 e. The summed E-state index contributed by atoms with van der Waals surface area (Å²) in [5.74, 6) is -2.34. The average Bonchev–Trinajstić information content (AvgIpc) is 2.92. The van der Waals surface area contributed by atoms with Gasteiger partial charge >= 0.3 is 11.9 Å². The van der Waals surface area contributed by atoms with Gasteiger partial charge in [0.25, 0.3) is 0 Å². The van der Waals surface area contributed by atoms with Crippen molar-refractivity contribution in [3.8, 4) is 0 Å². The molecule has 0 saturated carbocycles. The van der Waals surface area contributed by atoms with Crippen LogP contribution in [0.15, 0.2) is 6.33 Å². The number of fused-ring (bicyclic) bond motifs is 1. The van der Waals surface area contributed by atoms with E-state index in [0.717, 1.165) is 11.3 Å². The van der Waals surface area contributed by atoms with Gasteiger partial charge < -0.3 is 25.6 Å². The van der Waals surface area contributed by atoms with Gasteiger partial charge in [-0.1, -0.05) is 0 Å². The minimum absolute atomic E-state index is 0.111. The van der Waals surface area contributed by atoms with E-state index in [0.29, 0.717) is 20.7 Å². The standard InChI is InChI=1S/C15H18N4O6S/c1-7-10-12(19-8(14(21)22)5-9(16)20)17-6-18-13(10)26-11(7)15(23)25-4-3-24-2/h6,8H,3-5H2,1-2H3,(H2,16,20)(H,21,22)(H,17,18,19). The van der Waals surface area contributed by atoms with Crippen molar-refractivity contribution in [1.82, 2.24) is 9.97 Å². The highest BCUT2D eigenvalue weighted by Crippen LogP contribution is 2.34. The third-order valence-electron chi connectivity index (χ3n) is 3.45. The lowest BCUT2D eigenvalue weighted by Crippen LogP contribution is -2.34. The number of carbonyl (C=O) groups excluding carboxylic acids is 2. The third kappa shape index (κ3) is 4.43. The summed E-state index contributed by atoms with van der Waals surface area (Å²) in [6.45, 7) is 2.07. The predicted molar refractivity (Wildman–Crippen MR) is 93.2 cm³/mol. The van der Waals surface area contributed by atoms with E-state index >= 15 is 0 Å². The topological polar surface area (TPSA) is 154 Å². The highest BCUT2D eigenvalue weighted by Gasteiger charge is 2.24. The highest BCUT2D eigenvalue weighted by molar-refractivity contribution is 7.20. The van der Waals surface area contributed by atoms with Gasteiger partial charge in [0.1, 0.15) is 34.5 Å². The second-order valence-electron chi connectivity index (χ2n) is 5.29. The zero-order valence-electron chi connectivity index (χ0n) is 14.1. The Morgan fingerprint density at radius 1 is 1.35 bits per heavy atom. The summed E-state index contributed by atoms with van der Waals surface area (Å²) in [4.78, 5) is 43.6. The molecule has 11 heteroatoms. The number of hydrogen-bond donors (Lipinski definition) is 3. The molecule has 4 N–H and O–H groups in total. The van der Waals surface area contributed by atoms with E-state index < -0.39 is 30.3 Å². The smallest absolute Gasteiger partial charge is 0.348 e. The van der Waals surface area contributed by atoms with Gasteiger partial charge in [0.05, 0.1) is 18.4 Å². The number of carbonyl (C=O) groups is 3. The second-order valence-corrected chi connectivity index (χ2v) is 6.29. The number of hydrogen-bond acceptors (Lipinski definition) is 9. The molecule has 0 saturated heterocycles. The van der Waals surface area contributed by atoms with Crippen molar-refractivity contribution in [2.45, 2.75) is 19.4 Å². The molecule has 0 aromatic carbocycles. The fourth-order valence-electron chi connectivity index (χ4n) is 2.23. The van der Waals surface area contributed by atoms with Crippen LogP contribution >= 0.6 is 11.3 Å². The number of carboxylic acids is 1. The van der Waals surface area contributed by atoms with Gasteiger partial charge in [-0.15, -0.1) is 11.3 Å². The van der Waals surface area contributed by atoms with Gasteiger partial charge in [0.2, 0.25) is 5.91 Å². The summed E-state index contributed by atoms with van der Waals surface area (Å²) in [6, 6.07) is -1.25. The van der Waals surface area contributed by atoms with Crippen LogP contribution in [0, 0.1) is 6.92 Å². The molecule has 0 aliphatic rings. The van der Waals surface area contributed by atoms with Crippen molar-refractivity contribution in [2.75, 3.05) is 25.6 Å². The van der Waals surface area contributed by atoms with Crippen LogP contribution in [-0.4, -0.2) is 59.3 Å². The Bertz CT molecular complexity index is 837. The van der Waals surface area contributed by atoms with Gasteiger partial charge in [0, 0.05) is 7.11 Å². The maximum atomic E-state index is 12.2. The Morgan fingerprint density at radius 2 is 2.08 bits per heavy atom. The number of thiophene rings is 1. The van der Waals surface area contributed by atoms with E-state index in [4.69, 9.17) is 15.2 Å². The summed E-state index contributed by atoms with van der Waals surface area (Å²) >= 11 is 1.11. The highest BCUT2D eigenvalue weighted by atomic mass is 32.1. The summed E-state index contributed by atoms with van der Waals surface area (Å²) < 4.78 is 9.95. The molecule has 10 nitrogen and oxygen atoms in total. The minimum Gasteiger partial charge on any atom is -0.480 e. The number of nitrogens with two attached hydrogens (primary N) is 1. The first-order chi connectivity index (χ1) is 12.3. The summed E-state index contributed by atoms with van der Waals surface area (Å²) in [5.41, 5.74) is 5.64. The van der Waals surface area contributed by atoms with E-state index in [9.17, 15) is 19.5 Å². The number of anilines is 1. The molecule has 0 aliphatic heterocycles. The normalized spacial score (nSPS) is 11.9. The molecule has 0 aliphatic carbocycles. The van der Waals surface area contributed by atoms with E-state index in [1.807, 2.05) is 0 Å². The summed E-state index contributed by atoms with van der Waals surface area (Å²) in [6.07, 6.45) is 0.833. The zero-order valence-corrected chi connectivity index (χ0v) is 15.0. The van der Waals surface area contributed by atoms with E-state index in [1.165, 1.54) is 13.4 Å². The number of aryl methyl sites for hydroxylation is 1. The van der Waals surface area contributed by atoms with Crippen LogP contribution < -0.4 is 11.1 Å². The molecule has 0 spiro atoms. The fraction of sp³-hybridized carbons (Fsp3) is 0.400. The van der Waals surface area contributed by atoms with Crippen molar-refractivity contribution in [2.24, 2.45) is 5.73 Å². The van der Waals surface area contributed by atoms with Gasteiger partial charge in [0.15, 0.2) is 0 Å². The van der Waals surface area contributed by atoms with Crippen LogP contribution in [0.4, 0.5) is 5.82 Å². The Labute approximate surface area is 152 Å². The van der Waals surface area contributed by atoms with Gasteiger partial charge in [-0.3, -0.25) is 4.79 Å². The number of esters is 1. The van der Waals surface area contributed by atoms with E-state index in [-0.39, 0.29) is 19.0 Å². The Morgan fingerprint density at radius 3 is 2.69 bits per heavy atom. The van der Waals surface area contributed by atoms with Crippen LogP contribution in [-0.2, 0) is 19.1 Å². The SMILES string of the molecule is COCCOC(=O)c1sc2ncnc(NC(CC(N)=O)C(=O)O)c2c1C. The molecule has 26 heavy (non-hydrogen) atoms. The van der Waals surface area contributed by atoms with Crippen LogP contribution in [0.2, 0.25) is 0 Å². The van der Waals surface area contributed by atoms with Crippen LogP contribution in [0.5, 0.6) is 0 Å². The number of ether oxygens (including phenoxy) is 2. The van der Waals surface area contributed by atoms with Crippen LogP contribution in [0.25, 0.3) is 10.2 Å². The molecular formula is C15H18N4O6S. The van der Waals surface area contributed by atoms with Gasteiger partial charge in [-0.2, -0.15) is 0 Å². The first-order valence-electron chi connectivity index (χ1n) is 7.53. The van der Waals surface area contributed by atoms with Crippen LogP contribution in [0.1, 0.15) is 21.7 Å². The molecular weight excluding hydrogens is 364 g/mol. The second kappa shape index (κ2) is 8.54. The number of primary amides is 1. The summed E-state index contributed by atoms with van der Waals surface area (Å²) in [7, 11) is 1.50. The van der Waals surface area contributed by atoms with Crippen molar-refractivity contribution in [3.63, 3.8) is 0 Å². The quantitative estimate of drug-likeness (QED) is 0.416. The average molecular weight is 382 g/mol. The number of rotatable bonds is 9. The van der Waals surface area contributed by atoms with Gasteiger partial charge in [-0.25, -0.2) is 19.6 Å². The lowest BCUT2D eigenvalue weighted by Gasteiger charge is -2.14. The lowest BCUT2D eigenvalue weighted by molar-refractivity contribution is -0.139. The molecule has 1 unspecified atom stereocenters. The molecule has 0 fully saturated rings.